The van der Waals surface area contributed by atoms with Gasteiger partial charge in [-0.1, -0.05) is 28.1 Å². The molecule has 0 radical (unpaired) electrons. The van der Waals surface area contributed by atoms with Gasteiger partial charge in [0, 0.05) is 21.8 Å². The summed E-state index contributed by atoms with van der Waals surface area (Å²) in [4.78, 5) is 1.42. The number of thiophene rings is 1. The van der Waals surface area contributed by atoms with E-state index in [1.54, 1.807) is 0 Å². The van der Waals surface area contributed by atoms with Gasteiger partial charge in [0.15, 0.2) is 0 Å². The Morgan fingerprint density at radius 3 is 2.39 bits per heavy atom. The van der Waals surface area contributed by atoms with Crippen LogP contribution in [0.2, 0.25) is 0 Å². The average Bonchev–Trinajstić information content (AvgIpc) is 2.75. The van der Waals surface area contributed by atoms with Gasteiger partial charge in [0.05, 0.1) is 3.79 Å². The number of likely N-dealkylation sites (N-methyl/N-ethyl adjacent to an activating group) is 1. The maximum atomic E-state index is 3.52. The van der Waals surface area contributed by atoms with Crippen LogP contribution in [0.3, 0.4) is 0 Å². The molecule has 1 N–H and O–H groups in total. The summed E-state index contributed by atoms with van der Waals surface area (Å²) in [6.45, 7) is 0.997. The Kier molecular flexibility index (Phi) is 5.42. The minimum Gasteiger partial charge on any atom is -0.319 e. The van der Waals surface area contributed by atoms with Crippen molar-refractivity contribution in [2.45, 2.75) is 12.3 Å². The summed E-state index contributed by atoms with van der Waals surface area (Å²) in [5, 5.41) is 3.29. The lowest BCUT2D eigenvalue weighted by molar-refractivity contribution is 0.630. The van der Waals surface area contributed by atoms with Crippen molar-refractivity contribution in [3.8, 4) is 0 Å². The molecule has 0 amide bonds. The Bertz CT molecular complexity index is 493. The number of hydrogen-bond donors (Lipinski definition) is 1. The van der Waals surface area contributed by atoms with Crippen molar-refractivity contribution in [3.63, 3.8) is 0 Å². The van der Waals surface area contributed by atoms with Crippen LogP contribution in [-0.2, 0) is 6.42 Å². The third-order valence-corrected chi connectivity index (χ3v) is 5.04. The number of nitrogens with one attached hydrogen (secondary N) is 1. The summed E-state index contributed by atoms with van der Waals surface area (Å²) in [7, 11) is 2.01. The van der Waals surface area contributed by atoms with Gasteiger partial charge in [0.2, 0.25) is 0 Å². The first-order valence-corrected chi connectivity index (χ1v) is 8.23. The average molecular weight is 389 g/mol. The van der Waals surface area contributed by atoms with Crippen LogP contribution >= 0.6 is 43.2 Å². The topological polar surface area (TPSA) is 12.0 Å². The van der Waals surface area contributed by atoms with Gasteiger partial charge in [-0.05, 0) is 59.2 Å². The van der Waals surface area contributed by atoms with Gasteiger partial charge < -0.3 is 5.32 Å². The van der Waals surface area contributed by atoms with Crippen LogP contribution in [0.25, 0.3) is 0 Å². The summed E-state index contributed by atoms with van der Waals surface area (Å²) in [6, 6.07) is 13.0. The maximum Gasteiger partial charge on any atom is 0.0701 e. The third kappa shape index (κ3) is 3.92. The zero-order valence-electron chi connectivity index (χ0n) is 10.1. The van der Waals surface area contributed by atoms with Gasteiger partial charge in [-0.25, -0.2) is 0 Å². The van der Waals surface area contributed by atoms with E-state index in [1.807, 2.05) is 18.4 Å². The maximum absolute atomic E-state index is 3.52. The lowest BCUT2D eigenvalue weighted by atomic mass is 9.95. The normalized spacial score (nSPS) is 12.6. The molecule has 0 aliphatic heterocycles. The fourth-order valence-electron chi connectivity index (χ4n) is 1.99. The molecule has 2 aromatic rings. The van der Waals surface area contributed by atoms with Crippen molar-refractivity contribution in [1.82, 2.24) is 5.32 Å². The molecule has 0 aliphatic carbocycles. The smallest absolute Gasteiger partial charge is 0.0701 e. The van der Waals surface area contributed by atoms with Gasteiger partial charge in [-0.3, -0.25) is 0 Å². The standard InChI is InChI=1S/C14H15Br2NS/c1-17-9-11(8-13-6-7-14(16)18-13)10-2-4-12(15)5-3-10/h2-7,11,17H,8-9H2,1H3. The molecule has 18 heavy (non-hydrogen) atoms. The number of rotatable bonds is 5. The van der Waals surface area contributed by atoms with E-state index in [2.05, 4.69) is 73.6 Å². The molecule has 0 saturated heterocycles. The van der Waals surface area contributed by atoms with Crippen LogP contribution in [0, 0.1) is 0 Å². The second-order valence-electron chi connectivity index (χ2n) is 4.22. The van der Waals surface area contributed by atoms with E-state index in [1.165, 1.54) is 14.2 Å². The summed E-state index contributed by atoms with van der Waals surface area (Å²) in [6.07, 6.45) is 1.08. The molecular formula is C14H15Br2NS. The molecule has 1 atom stereocenters. The van der Waals surface area contributed by atoms with Crippen molar-refractivity contribution in [2.75, 3.05) is 13.6 Å². The Hall–Kier alpha value is -0.160. The van der Waals surface area contributed by atoms with Gasteiger partial charge in [0.1, 0.15) is 0 Å². The quantitative estimate of drug-likeness (QED) is 0.774. The molecule has 0 aliphatic rings. The van der Waals surface area contributed by atoms with Crippen LogP contribution in [0.5, 0.6) is 0 Å². The van der Waals surface area contributed by atoms with E-state index >= 15 is 0 Å². The molecule has 0 bridgehead atoms. The number of hydrogen-bond acceptors (Lipinski definition) is 2. The van der Waals surface area contributed by atoms with Crippen molar-refractivity contribution in [2.24, 2.45) is 0 Å². The minimum atomic E-state index is 0.522. The fourth-order valence-corrected chi connectivity index (χ4v) is 3.82. The molecule has 1 heterocycles. The zero-order chi connectivity index (χ0) is 13.0. The Morgan fingerprint density at radius 1 is 1.11 bits per heavy atom. The molecule has 4 heteroatoms. The highest BCUT2D eigenvalue weighted by Gasteiger charge is 2.12. The minimum absolute atomic E-state index is 0.522. The summed E-state index contributed by atoms with van der Waals surface area (Å²) < 4.78 is 2.34. The Morgan fingerprint density at radius 2 is 1.83 bits per heavy atom. The first-order chi connectivity index (χ1) is 8.69. The fraction of sp³-hybridized carbons (Fsp3) is 0.286. The van der Waals surface area contributed by atoms with E-state index in [0.717, 1.165) is 17.4 Å². The van der Waals surface area contributed by atoms with Crippen LogP contribution in [0.4, 0.5) is 0 Å². The van der Waals surface area contributed by atoms with Gasteiger partial charge in [0.25, 0.3) is 0 Å². The van der Waals surface area contributed by atoms with E-state index in [-0.39, 0.29) is 0 Å². The molecule has 2 rings (SSSR count). The Labute approximate surface area is 129 Å². The third-order valence-electron chi connectivity index (χ3n) is 2.87. The lowest BCUT2D eigenvalue weighted by Gasteiger charge is -2.16. The van der Waals surface area contributed by atoms with Crippen LogP contribution in [-0.4, -0.2) is 13.6 Å². The molecule has 1 unspecified atom stereocenters. The second kappa shape index (κ2) is 6.85. The molecule has 1 nitrogen and oxygen atoms in total. The van der Waals surface area contributed by atoms with Crippen molar-refractivity contribution in [1.29, 1.82) is 0 Å². The highest BCUT2D eigenvalue weighted by Crippen LogP contribution is 2.28. The lowest BCUT2D eigenvalue weighted by Crippen LogP contribution is -2.18. The van der Waals surface area contributed by atoms with Gasteiger partial charge in [-0.15, -0.1) is 11.3 Å². The Balaban J connectivity index is 2.14. The summed E-state index contributed by atoms with van der Waals surface area (Å²) in [5.74, 6) is 0.522. The van der Waals surface area contributed by atoms with E-state index in [4.69, 9.17) is 0 Å². The first-order valence-electron chi connectivity index (χ1n) is 5.83. The van der Waals surface area contributed by atoms with Crippen molar-refractivity contribution >= 4 is 43.2 Å². The number of halogens is 2. The summed E-state index contributed by atoms with van der Waals surface area (Å²) in [5.41, 5.74) is 1.39. The van der Waals surface area contributed by atoms with Crippen molar-refractivity contribution in [3.05, 3.63) is 55.1 Å². The predicted molar refractivity (Wildman–Crippen MR) is 86.5 cm³/mol. The van der Waals surface area contributed by atoms with Crippen LogP contribution in [0.1, 0.15) is 16.4 Å². The largest absolute Gasteiger partial charge is 0.319 e. The van der Waals surface area contributed by atoms with E-state index in [0.29, 0.717) is 5.92 Å². The molecule has 0 spiro atoms. The van der Waals surface area contributed by atoms with Gasteiger partial charge in [-0.2, -0.15) is 0 Å². The van der Waals surface area contributed by atoms with Crippen LogP contribution in [0.15, 0.2) is 44.7 Å². The van der Waals surface area contributed by atoms with Gasteiger partial charge >= 0.3 is 0 Å². The molecule has 96 valence electrons. The first kappa shape index (κ1) is 14.3. The molecular weight excluding hydrogens is 374 g/mol. The second-order valence-corrected chi connectivity index (χ2v) is 7.68. The molecule has 1 aromatic carbocycles. The van der Waals surface area contributed by atoms with Crippen LogP contribution < -0.4 is 5.32 Å². The van der Waals surface area contributed by atoms with E-state index in [9.17, 15) is 0 Å². The number of benzene rings is 1. The molecule has 0 saturated carbocycles. The van der Waals surface area contributed by atoms with Crippen molar-refractivity contribution < 1.29 is 0 Å². The zero-order valence-corrected chi connectivity index (χ0v) is 14.1. The highest BCUT2D eigenvalue weighted by molar-refractivity contribution is 9.11. The monoisotopic (exact) mass is 387 g/mol. The SMILES string of the molecule is CNCC(Cc1ccc(Br)s1)c1ccc(Br)cc1. The highest BCUT2D eigenvalue weighted by atomic mass is 79.9. The van der Waals surface area contributed by atoms with E-state index < -0.39 is 0 Å². The molecule has 1 aromatic heterocycles. The predicted octanol–water partition coefficient (Wildman–Crippen LogP) is 4.82. The molecule has 0 fully saturated rings. The summed E-state index contributed by atoms with van der Waals surface area (Å²) >= 11 is 8.83.